The van der Waals surface area contributed by atoms with E-state index in [0.29, 0.717) is 5.82 Å². The minimum Gasteiger partial charge on any atom is -0.394 e. The number of nitrogens with zero attached hydrogens (tertiary/aromatic N) is 1. The molecule has 1 aromatic carbocycles. The molecule has 0 amide bonds. The Morgan fingerprint density at radius 1 is 1.33 bits per heavy atom. The molecule has 0 aliphatic carbocycles. The van der Waals surface area contributed by atoms with E-state index in [4.69, 9.17) is 10.8 Å². The predicted molar refractivity (Wildman–Crippen MR) is 72.2 cm³/mol. The SMILES string of the molecule is Cc1ccc(-c2nc(C(N)CO)[nH]c2C)c(C)c1. The standard InChI is InChI=1S/C14H19N3O/c1-8-4-5-11(9(2)6-8)13-10(3)16-14(17-13)12(15)7-18/h4-6,12,18H,7,15H2,1-3H3,(H,16,17). The molecule has 96 valence electrons. The highest BCUT2D eigenvalue weighted by Crippen LogP contribution is 2.26. The zero-order valence-electron chi connectivity index (χ0n) is 11.0. The fraction of sp³-hybridized carbons (Fsp3) is 0.357. The first-order valence-electron chi connectivity index (χ1n) is 6.03. The summed E-state index contributed by atoms with van der Waals surface area (Å²) in [5.41, 5.74) is 11.2. The van der Waals surface area contributed by atoms with Crippen LogP contribution in [0.2, 0.25) is 0 Å². The summed E-state index contributed by atoms with van der Waals surface area (Å²) < 4.78 is 0. The number of rotatable bonds is 3. The number of aliphatic hydroxyl groups is 1. The van der Waals surface area contributed by atoms with Crippen LogP contribution in [0.5, 0.6) is 0 Å². The van der Waals surface area contributed by atoms with Crippen molar-refractivity contribution in [2.24, 2.45) is 5.73 Å². The summed E-state index contributed by atoms with van der Waals surface area (Å²) in [4.78, 5) is 7.64. The maximum Gasteiger partial charge on any atom is 0.126 e. The van der Waals surface area contributed by atoms with Gasteiger partial charge in [-0.05, 0) is 26.3 Å². The van der Waals surface area contributed by atoms with Crippen LogP contribution < -0.4 is 5.73 Å². The van der Waals surface area contributed by atoms with Gasteiger partial charge in [0, 0.05) is 11.3 Å². The van der Waals surface area contributed by atoms with Crippen molar-refractivity contribution >= 4 is 0 Å². The van der Waals surface area contributed by atoms with Gasteiger partial charge in [-0.1, -0.05) is 23.8 Å². The van der Waals surface area contributed by atoms with E-state index in [-0.39, 0.29) is 6.61 Å². The Balaban J connectivity index is 2.47. The Morgan fingerprint density at radius 3 is 2.67 bits per heavy atom. The first-order valence-corrected chi connectivity index (χ1v) is 6.03. The third kappa shape index (κ3) is 2.30. The quantitative estimate of drug-likeness (QED) is 0.774. The van der Waals surface area contributed by atoms with Gasteiger partial charge in [-0.15, -0.1) is 0 Å². The molecule has 1 unspecified atom stereocenters. The summed E-state index contributed by atoms with van der Waals surface area (Å²) in [5, 5.41) is 9.06. The van der Waals surface area contributed by atoms with E-state index in [9.17, 15) is 0 Å². The van der Waals surface area contributed by atoms with Crippen LogP contribution in [0, 0.1) is 20.8 Å². The molecule has 1 aromatic heterocycles. The number of imidazole rings is 1. The van der Waals surface area contributed by atoms with Crippen LogP contribution in [0.15, 0.2) is 18.2 Å². The minimum atomic E-state index is -0.455. The van der Waals surface area contributed by atoms with E-state index in [0.717, 1.165) is 17.0 Å². The molecule has 4 nitrogen and oxygen atoms in total. The molecule has 0 aliphatic heterocycles. The van der Waals surface area contributed by atoms with Crippen molar-refractivity contribution in [3.8, 4) is 11.3 Å². The van der Waals surface area contributed by atoms with E-state index >= 15 is 0 Å². The average molecular weight is 245 g/mol. The monoisotopic (exact) mass is 245 g/mol. The fourth-order valence-corrected chi connectivity index (χ4v) is 2.09. The maximum absolute atomic E-state index is 9.06. The number of aryl methyl sites for hydroxylation is 3. The number of aromatic amines is 1. The first kappa shape index (κ1) is 12.8. The molecular formula is C14H19N3O. The third-order valence-corrected chi connectivity index (χ3v) is 3.09. The van der Waals surface area contributed by atoms with Crippen molar-refractivity contribution in [1.82, 2.24) is 9.97 Å². The second kappa shape index (κ2) is 4.92. The molecule has 18 heavy (non-hydrogen) atoms. The Labute approximate surface area is 107 Å². The number of H-pyrrole nitrogens is 1. The van der Waals surface area contributed by atoms with Crippen LogP contribution in [0.4, 0.5) is 0 Å². The zero-order valence-corrected chi connectivity index (χ0v) is 11.0. The Kier molecular flexibility index (Phi) is 3.50. The molecule has 0 aliphatic rings. The number of benzene rings is 1. The van der Waals surface area contributed by atoms with Gasteiger partial charge < -0.3 is 15.8 Å². The van der Waals surface area contributed by atoms with Crippen LogP contribution in [-0.4, -0.2) is 21.7 Å². The van der Waals surface area contributed by atoms with E-state index in [1.807, 2.05) is 6.92 Å². The predicted octanol–water partition coefficient (Wildman–Crippen LogP) is 1.99. The van der Waals surface area contributed by atoms with Crippen LogP contribution in [0.25, 0.3) is 11.3 Å². The molecule has 4 heteroatoms. The van der Waals surface area contributed by atoms with Crippen LogP contribution in [0.3, 0.4) is 0 Å². The van der Waals surface area contributed by atoms with Gasteiger partial charge in [0.25, 0.3) is 0 Å². The van der Waals surface area contributed by atoms with Crippen molar-refractivity contribution < 1.29 is 5.11 Å². The number of aliphatic hydroxyl groups excluding tert-OH is 1. The number of nitrogens with one attached hydrogen (secondary N) is 1. The zero-order chi connectivity index (χ0) is 13.3. The number of aromatic nitrogens is 2. The minimum absolute atomic E-state index is 0.112. The van der Waals surface area contributed by atoms with Crippen molar-refractivity contribution in [2.75, 3.05) is 6.61 Å². The molecule has 2 rings (SSSR count). The van der Waals surface area contributed by atoms with Gasteiger partial charge in [-0.25, -0.2) is 4.98 Å². The van der Waals surface area contributed by atoms with Crippen molar-refractivity contribution in [1.29, 1.82) is 0 Å². The summed E-state index contributed by atoms with van der Waals surface area (Å²) in [7, 11) is 0. The second-order valence-electron chi connectivity index (χ2n) is 4.70. The summed E-state index contributed by atoms with van der Waals surface area (Å²) in [5.74, 6) is 0.630. The lowest BCUT2D eigenvalue weighted by Crippen LogP contribution is -2.16. The molecule has 0 radical (unpaired) electrons. The molecule has 4 N–H and O–H groups in total. The first-order chi connectivity index (χ1) is 8.52. The van der Waals surface area contributed by atoms with Crippen molar-refractivity contribution in [2.45, 2.75) is 26.8 Å². The number of hydrogen-bond donors (Lipinski definition) is 3. The lowest BCUT2D eigenvalue weighted by molar-refractivity contribution is 0.264. The summed E-state index contributed by atoms with van der Waals surface area (Å²) in [6.07, 6.45) is 0. The number of hydrogen-bond acceptors (Lipinski definition) is 3. The van der Waals surface area contributed by atoms with Crippen molar-refractivity contribution in [3.63, 3.8) is 0 Å². The Morgan fingerprint density at radius 2 is 2.06 bits per heavy atom. The normalized spacial score (nSPS) is 12.7. The topological polar surface area (TPSA) is 74.9 Å². The van der Waals surface area contributed by atoms with E-state index in [2.05, 4.69) is 42.0 Å². The highest BCUT2D eigenvalue weighted by Gasteiger charge is 2.14. The third-order valence-electron chi connectivity index (χ3n) is 3.09. The molecule has 1 atom stereocenters. The molecule has 0 saturated carbocycles. The number of nitrogens with two attached hydrogens (primary N) is 1. The molecule has 0 spiro atoms. The smallest absolute Gasteiger partial charge is 0.126 e. The second-order valence-corrected chi connectivity index (χ2v) is 4.70. The Hall–Kier alpha value is -1.65. The van der Waals surface area contributed by atoms with Crippen LogP contribution >= 0.6 is 0 Å². The van der Waals surface area contributed by atoms with Gasteiger partial charge >= 0.3 is 0 Å². The summed E-state index contributed by atoms with van der Waals surface area (Å²) in [6, 6.07) is 5.82. The molecule has 1 heterocycles. The molecule has 0 bridgehead atoms. The fourth-order valence-electron chi connectivity index (χ4n) is 2.09. The molecule has 0 saturated heterocycles. The van der Waals surface area contributed by atoms with Crippen molar-refractivity contribution in [3.05, 3.63) is 40.8 Å². The molecular weight excluding hydrogens is 226 g/mol. The molecule has 2 aromatic rings. The van der Waals surface area contributed by atoms with Gasteiger partial charge in [0.05, 0.1) is 18.3 Å². The van der Waals surface area contributed by atoms with E-state index in [1.54, 1.807) is 0 Å². The van der Waals surface area contributed by atoms with Crippen LogP contribution in [0.1, 0.15) is 28.7 Å². The largest absolute Gasteiger partial charge is 0.394 e. The van der Waals surface area contributed by atoms with Gasteiger partial charge in [-0.2, -0.15) is 0 Å². The summed E-state index contributed by atoms with van der Waals surface area (Å²) >= 11 is 0. The van der Waals surface area contributed by atoms with Gasteiger partial charge in [0.15, 0.2) is 0 Å². The maximum atomic E-state index is 9.06. The van der Waals surface area contributed by atoms with Gasteiger partial charge in [0.2, 0.25) is 0 Å². The van der Waals surface area contributed by atoms with Gasteiger partial charge in [0.1, 0.15) is 5.82 Å². The highest BCUT2D eigenvalue weighted by atomic mass is 16.3. The lowest BCUT2D eigenvalue weighted by atomic mass is 10.0. The summed E-state index contributed by atoms with van der Waals surface area (Å²) in [6.45, 7) is 6.00. The van der Waals surface area contributed by atoms with E-state index < -0.39 is 6.04 Å². The van der Waals surface area contributed by atoms with Crippen LogP contribution in [-0.2, 0) is 0 Å². The van der Waals surface area contributed by atoms with E-state index in [1.165, 1.54) is 11.1 Å². The molecule has 0 fully saturated rings. The lowest BCUT2D eigenvalue weighted by Gasteiger charge is -2.05. The highest BCUT2D eigenvalue weighted by molar-refractivity contribution is 5.66. The average Bonchev–Trinajstić information content (AvgIpc) is 2.70. The Bertz CT molecular complexity index is 560. The van der Waals surface area contributed by atoms with Gasteiger partial charge in [-0.3, -0.25) is 0 Å².